The third-order valence-corrected chi connectivity index (χ3v) is 3.32. The number of rotatable bonds is 3. The van der Waals surface area contributed by atoms with Gasteiger partial charge in [-0.3, -0.25) is 0 Å². The van der Waals surface area contributed by atoms with Gasteiger partial charge in [0.1, 0.15) is 0 Å². The lowest BCUT2D eigenvalue weighted by atomic mass is 9.98. The summed E-state index contributed by atoms with van der Waals surface area (Å²) >= 11 is 5.95. The molecule has 1 atom stereocenters. The average molecular weight is 224 g/mol. The Morgan fingerprint density at radius 1 is 1.33 bits per heavy atom. The van der Waals surface area contributed by atoms with Crippen LogP contribution in [0.1, 0.15) is 31.2 Å². The van der Waals surface area contributed by atoms with E-state index in [0.717, 1.165) is 17.5 Å². The van der Waals surface area contributed by atoms with Crippen molar-refractivity contribution in [3.63, 3.8) is 0 Å². The Kier molecular flexibility index (Phi) is 4.04. The maximum absolute atomic E-state index is 5.95. The molecule has 1 saturated heterocycles. The number of nitrogens with one attached hydrogen (secondary N) is 1. The largest absolute Gasteiger partial charge is 0.314 e. The minimum atomic E-state index is 0.720. The summed E-state index contributed by atoms with van der Waals surface area (Å²) in [6.45, 7) is 1.19. The molecule has 1 heterocycles. The normalized spacial score (nSPS) is 21.5. The van der Waals surface area contributed by atoms with Crippen LogP contribution in [0.15, 0.2) is 24.3 Å². The van der Waals surface area contributed by atoms with Crippen LogP contribution in [0.4, 0.5) is 0 Å². The summed E-state index contributed by atoms with van der Waals surface area (Å²) in [6.07, 6.45) is 6.43. The van der Waals surface area contributed by atoms with E-state index in [-0.39, 0.29) is 0 Å². The van der Waals surface area contributed by atoms with Crippen LogP contribution in [0.25, 0.3) is 0 Å². The molecule has 2 heteroatoms. The van der Waals surface area contributed by atoms with Crippen LogP contribution in [-0.2, 0) is 6.42 Å². The van der Waals surface area contributed by atoms with Crippen LogP contribution in [-0.4, -0.2) is 12.6 Å². The molecule has 82 valence electrons. The highest BCUT2D eigenvalue weighted by Crippen LogP contribution is 2.16. The van der Waals surface area contributed by atoms with Crippen molar-refractivity contribution in [2.75, 3.05) is 6.54 Å². The zero-order valence-corrected chi connectivity index (χ0v) is 9.76. The first-order valence-corrected chi connectivity index (χ1v) is 6.20. The molecule has 0 radical (unpaired) electrons. The van der Waals surface area contributed by atoms with Crippen LogP contribution >= 0.6 is 11.6 Å². The lowest BCUT2D eigenvalue weighted by molar-refractivity contribution is 0.383. The molecule has 1 aliphatic rings. The van der Waals surface area contributed by atoms with Gasteiger partial charge in [-0.15, -0.1) is 0 Å². The van der Waals surface area contributed by atoms with E-state index in [0.29, 0.717) is 0 Å². The maximum atomic E-state index is 5.95. The van der Waals surface area contributed by atoms with Gasteiger partial charge in [-0.2, -0.15) is 0 Å². The molecule has 0 saturated carbocycles. The van der Waals surface area contributed by atoms with Gasteiger partial charge in [0.25, 0.3) is 0 Å². The number of halogens is 1. The van der Waals surface area contributed by atoms with Crippen molar-refractivity contribution in [1.29, 1.82) is 0 Å². The first kappa shape index (κ1) is 11.0. The van der Waals surface area contributed by atoms with Crippen LogP contribution in [0.2, 0.25) is 5.02 Å². The quantitative estimate of drug-likeness (QED) is 0.828. The fraction of sp³-hybridized carbons (Fsp3) is 0.538. The van der Waals surface area contributed by atoms with Gasteiger partial charge in [-0.1, -0.05) is 30.2 Å². The third-order valence-electron chi connectivity index (χ3n) is 3.08. The van der Waals surface area contributed by atoms with Crippen molar-refractivity contribution in [1.82, 2.24) is 5.32 Å². The zero-order chi connectivity index (χ0) is 10.5. The molecule has 0 spiro atoms. The van der Waals surface area contributed by atoms with Crippen molar-refractivity contribution in [2.45, 2.75) is 38.1 Å². The molecular weight excluding hydrogens is 206 g/mol. The van der Waals surface area contributed by atoms with E-state index in [9.17, 15) is 0 Å². The molecule has 2 rings (SSSR count). The molecule has 1 aromatic carbocycles. The molecule has 0 amide bonds. The van der Waals surface area contributed by atoms with Gasteiger partial charge in [0, 0.05) is 11.1 Å². The van der Waals surface area contributed by atoms with E-state index >= 15 is 0 Å². The SMILES string of the molecule is Clc1cccc(CCC2CCCCN2)c1. The number of hydrogen-bond acceptors (Lipinski definition) is 1. The predicted molar refractivity (Wildman–Crippen MR) is 65.4 cm³/mol. The van der Waals surface area contributed by atoms with E-state index in [4.69, 9.17) is 11.6 Å². The second-order valence-corrected chi connectivity index (χ2v) is 4.75. The van der Waals surface area contributed by atoms with Crippen molar-refractivity contribution in [2.24, 2.45) is 0 Å². The second kappa shape index (κ2) is 5.53. The summed E-state index contributed by atoms with van der Waals surface area (Å²) in [5.41, 5.74) is 1.36. The first-order valence-electron chi connectivity index (χ1n) is 5.82. The third kappa shape index (κ3) is 3.51. The van der Waals surface area contributed by atoms with Gasteiger partial charge in [0.15, 0.2) is 0 Å². The van der Waals surface area contributed by atoms with Crippen LogP contribution < -0.4 is 5.32 Å². The minimum absolute atomic E-state index is 0.720. The Hall–Kier alpha value is -0.530. The molecule has 0 aromatic heterocycles. The zero-order valence-electron chi connectivity index (χ0n) is 9.01. The highest BCUT2D eigenvalue weighted by atomic mass is 35.5. The first-order chi connectivity index (χ1) is 7.34. The Labute approximate surface area is 96.8 Å². The molecular formula is C13H18ClN. The number of piperidine rings is 1. The van der Waals surface area contributed by atoms with Crippen molar-refractivity contribution in [3.05, 3.63) is 34.9 Å². The van der Waals surface area contributed by atoms with Gasteiger partial charge in [0.2, 0.25) is 0 Å². The van der Waals surface area contributed by atoms with Gasteiger partial charge in [0.05, 0.1) is 0 Å². The topological polar surface area (TPSA) is 12.0 Å². The van der Waals surface area contributed by atoms with Gasteiger partial charge < -0.3 is 5.32 Å². The van der Waals surface area contributed by atoms with Crippen molar-refractivity contribution in [3.8, 4) is 0 Å². The number of aryl methyl sites for hydroxylation is 1. The monoisotopic (exact) mass is 223 g/mol. The molecule has 1 aromatic rings. The van der Waals surface area contributed by atoms with E-state index < -0.39 is 0 Å². The number of benzene rings is 1. The highest BCUT2D eigenvalue weighted by molar-refractivity contribution is 6.30. The van der Waals surface area contributed by atoms with E-state index in [1.54, 1.807) is 0 Å². The molecule has 1 nitrogen and oxygen atoms in total. The molecule has 1 unspecified atom stereocenters. The second-order valence-electron chi connectivity index (χ2n) is 4.32. The Morgan fingerprint density at radius 3 is 3.00 bits per heavy atom. The van der Waals surface area contributed by atoms with Crippen molar-refractivity contribution < 1.29 is 0 Å². The summed E-state index contributed by atoms with van der Waals surface area (Å²) in [7, 11) is 0. The molecule has 1 aliphatic heterocycles. The van der Waals surface area contributed by atoms with Crippen molar-refractivity contribution >= 4 is 11.6 Å². The van der Waals surface area contributed by atoms with Gasteiger partial charge in [-0.05, 0) is 49.9 Å². The van der Waals surface area contributed by atoms with E-state index in [1.807, 2.05) is 12.1 Å². The molecule has 15 heavy (non-hydrogen) atoms. The van der Waals surface area contributed by atoms with Crippen LogP contribution in [0, 0.1) is 0 Å². The highest BCUT2D eigenvalue weighted by Gasteiger charge is 2.11. The van der Waals surface area contributed by atoms with Gasteiger partial charge in [-0.25, -0.2) is 0 Å². The predicted octanol–water partition coefficient (Wildman–Crippen LogP) is 3.41. The summed E-state index contributed by atoms with van der Waals surface area (Å²) in [4.78, 5) is 0. The fourth-order valence-corrected chi connectivity index (χ4v) is 2.42. The van der Waals surface area contributed by atoms with Gasteiger partial charge >= 0.3 is 0 Å². The summed E-state index contributed by atoms with van der Waals surface area (Å²) in [5.74, 6) is 0. The standard InChI is InChI=1S/C13H18ClN/c14-12-5-3-4-11(10-12)7-8-13-6-1-2-9-15-13/h3-5,10,13,15H,1-2,6-9H2. The molecule has 1 fully saturated rings. The van der Waals surface area contributed by atoms with E-state index in [1.165, 1.54) is 37.8 Å². The smallest absolute Gasteiger partial charge is 0.0408 e. The molecule has 0 bridgehead atoms. The van der Waals surface area contributed by atoms with E-state index in [2.05, 4.69) is 17.4 Å². The minimum Gasteiger partial charge on any atom is -0.314 e. The Morgan fingerprint density at radius 2 is 2.27 bits per heavy atom. The molecule has 1 N–H and O–H groups in total. The lowest BCUT2D eigenvalue weighted by Gasteiger charge is -2.23. The fourth-order valence-electron chi connectivity index (χ4n) is 2.20. The average Bonchev–Trinajstić information content (AvgIpc) is 2.28. The van der Waals surface area contributed by atoms with Crippen LogP contribution in [0.3, 0.4) is 0 Å². The summed E-state index contributed by atoms with van der Waals surface area (Å²) in [6, 6.07) is 8.92. The Balaban J connectivity index is 1.81. The van der Waals surface area contributed by atoms with Crippen LogP contribution in [0.5, 0.6) is 0 Å². The molecule has 0 aliphatic carbocycles. The Bertz CT molecular complexity index is 305. The lowest BCUT2D eigenvalue weighted by Crippen LogP contribution is -2.34. The summed E-state index contributed by atoms with van der Waals surface area (Å²) in [5, 5.41) is 4.42. The maximum Gasteiger partial charge on any atom is 0.0408 e. The summed E-state index contributed by atoms with van der Waals surface area (Å²) < 4.78 is 0. The number of hydrogen-bond donors (Lipinski definition) is 1.